The Hall–Kier alpha value is -1.36. The molecule has 1 aromatic rings. The third-order valence-electron chi connectivity index (χ3n) is 2.28. The Morgan fingerprint density at radius 1 is 1.69 bits per heavy atom. The number of rotatable bonds is 1. The van der Waals surface area contributed by atoms with Crippen LogP contribution in [0, 0.1) is 0 Å². The van der Waals surface area contributed by atoms with Crippen molar-refractivity contribution in [3.05, 3.63) is 17.7 Å². The van der Waals surface area contributed by atoms with Crippen LogP contribution in [-0.4, -0.2) is 31.8 Å². The number of imidazole rings is 1. The number of hydrogen-bond acceptors (Lipinski definition) is 3. The highest BCUT2D eigenvalue weighted by atomic mass is 16.4. The van der Waals surface area contributed by atoms with E-state index in [0.29, 0.717) is 25.1 Å². The van der Waals surface area contributed by atoms with E-state index in [2.05, 4.69) is 4.98 Å². The topological polar surface area (TPSA) is 75.3 Å². The quantitative estimate of drug-likeness (QED) is 0.635. The summed E-state index contributed by atoms with van der Waals surface area (Å²) in [5.74, 6) is -1.03. The molecule has 0 aliphatic carbocycles. The molecule has 0 bridgehead atoms. The van der Waals surface area contributed by atoms with E-state index in [1.807, 2.05) is 0 Å². The van der Waals surface area contributed by atoms with E-state index < -0.39 is 12.1 Å². The van der Waals surface area contributed by atoms with E-state index in [0.717, 1.165) is 0 Å². The molecule has 2 rings (SSSR count). The number of aromatic nitrogens is 2. The van der Waals surface area contributed by atoms with Crippen molar-refractivity contribution in [3.63, 3.8) is 0 Å². The van der Waals surface area contributed by atoms with Crippen LogP contribution in [-0.2, 0) is 13.0 Å². The molecule has 1 atom stereocenters. The van der Waals surface area contributed by atoms with Gasteiger partial charge in [0.1, 0.15) is 0 Å². The molecule has 2 N–H and O–H groups in total. The van der Waals surface area contributed by atoms with Crippen molar-refractivity contribution in [1.29, 1.82) is 0 Å². The van der Waals surface area contributed by atoms with Gasteiger partial charge in [-0.3, -0.25) is 0 Å². The Morgan fingerprint density at radius 2 is 2.46 bits per heavy atom. The van der Waals surface area contributed by atoms with Gasteiger partial charge >= 0.3 is 5.97 Å². The zero-order valence-electron chi connectivity index (χ0n) is 6.97. The van der Waals surface area contributed by atoms with Gasteiger partial charge in [-0.15, -0.1) is 0 Å². The van der Waals surface area contributed by atoms with E-state index in [4.69, 9.17) is 5.11 Å². The largest absolute Gasteiger partial charge is 0.476 e. The molecule has 0 fully saturated rings. The summed E-state index contributed by atoms with van der Waals surface area (Å²) in [4.78, 5) is 14.5. The SMILES string of the molecule is O=C(O)c1ncn2c1CC(O)CC2. The smallest absolute Gasteiger partial charge is 0.356 e. The molecule has 0 radical (unpaired) electrons. The first-order valence-corrected chi connectivity index (χ1v) is 4.14. The van der Waals surface area contributed by atoms with Crippen LogP contribution < -0.4 is 0 Å². The van der Waals surface area contributed by atoms with Crippen LogP contribution in [0.4, 0.5) is 0 Å². The first kappa shape index (κ1) is 8.25. The molecule has 70 valence electrons. The summed E-state index contributed by atoms with van der Waals surface area (Å²) in [6.45, 7) is 0.650. The first-order valence-electron chi connectivity index (χ1n) is 4.14. The minimum absolute atomic E-state index is 0.0683. The zero-order valence-corrected chi connectivity index (χ0v) is 6.97. The second-order valence-corrected chi connectivity index (χ2v) is 3.19. The fourth-order valence-electron chi connectivity index (χ4n) is 1.61. The molecule has 5 nitrogen and oxygen atoms in total. The van der Waals surface area contributed by atoms with E-state index >= 15 is 0 Å². The lowest BCUT2D eigenvalue weighted by Gasteiger charge is -2.19. The number of aliphatic hydroxyl groups excluding tert-OH is 1. The number of carboxylic acid groups (broad SMARTS) is 1. The van der Waals surface area contributed by atoms with Crippen LogP contribution in [0.25, 0.3) is 0 Å². The number of carbonyl (C=O) groups is 1. The third kappa shape index (κ3) is 1.31. The molecule has 0 aromatic carbocycles. The van der Waals surface area contributed by atoms with E-state index in [9.17, 15) is 9.90 Å². The first-order chi connectivity index (χ1) is 6.18. The fraction of sp³-hybridized carbons (Fsp3) is 0.500. The van der Waals surface area contributed by atoms with Gasteiger partial charge in [0.25, 0.3) is 0 Å². The van der Waals surface area contributed by atoms with Crippen LogP contribution in [0.1, 0.15) is 22.6 Å². The molecule has 5 heteroatoms. The standard InChI is InChI=1S/C8H10N2O3/c11-5-1-2-10-4-9-7(8(12)13)6(10)3-5/h4-5,11H,1-3H2,(H,12,13). The summed E-state index contributed by atoms with van der Waals surface area (Å²) in [7, 11) is 0. The summed E-state index contributed by atoms with van der Waals surface area (Å²) in [6, 6.07) is 0. The van der Waals surface area contributed by atoms with Gasteiger partial charge in [-0.2, -0.15) is 0 Å². The van der Waals surface area contributed by atoms with Crippen molar-refractivity contribution in [2.24, 2.45) is 0 Å². The molecule has 0 spiro atoms. The highest BCUT2D eigenvalue weighted by Crippen LogP contribution is 2.17. The maximum Gasteiger partial charge on any atom is 0.356 e. The minimum Gasteiger partial charge on any atom is -0.476 e. The van der Waals surface area contributed by atoms with Gasteiger partial charge in [0.05, 0.1) is 18.1 Å². The number of aromatic carboxylic acids is 1. The van der Waals surface area contributed by atoms with Gasteiger partial charge in [-0.25, -0.2) is 9.78 Å². The molecule has 0 saturated carbocycles. The zero-order chi connectivity index (χ0) is 9.42. The summed E-state index contributed by atoms with van der Waals surface area (Å²) < 4.78 is 1.79. The molecule has 13 heavy (non-hydrogen) atoms. The maximum atomic E-state index is 10.7. The average Bonchev–Trinajstić information content (AvgIpc) is 2.46. The van der Waals surface area contributed by atoms with Crippen LogP contribution in [0.5, 0.6) is 0 Å². The molecule has 1 aliphatic rings. The van der Waals surface area contributed by atoms with E-state index in [-0.39, 0.29) is 5.69 Å². The van der Waals surface area contributed by atoms with Crippen molar-refractivity contribution in [2.75, 3.05) is 0 Å². The second kappa shape index (κ2) is 2.85. The molecule has 1 unspecified atom stereocenters. The normalized spacial score (nSPS) is 21.2. The van der Waals surface area contributed by atoms with Gasteiger partial charge in [-0.05, 0) is 6.42 Å². The Labute approximate surface area is 74.6 Å². The van der Waals surface area contributed by atoms with Crippen molar-refractivity contribution >= 4 is 5.97 Å². The third-order valence-corrected chi connectivity index (χ3v) is 2.28. The van der Waals surface area contributed by atoms with E-state index in [1.165, 1.54) is 6.33 Å². The molecule has 2 heterocycles. The Kier molecular flexibility index (Phi) is 1.81. The monoisotopic (exact) mass is 182 g/mol. The Balaban J connectivity index is 2.41. The summed E-state index contributed by atoms with van der Waals surface area (Å²) >= 11 is 0. The van der Waals surface area contributed by atoms with Gasteiger partial charge < -0.3 is 14.8 Å². The van der Waals surface area contributed by atoms with Gasteiger partial charge in [0.15, 0.2) is 5.69 Å². The minimum atomic E-state index is -1.03. The Morgan fingerprint density at radius 3 is 3.15 bits per heavy atom. The van der Waals surface area contributed by atoms with Crippen LogP contribution in [0.15, 0.2) is 6.33 Å². The number of carboxylic acids is 1. The predicted octanol–water partition coefficient (Wildman–Crippen LogP) is -0.112. The number of fused-ring (bicyclic) bond motifs is 1. The van der Waals surface area contributed by atoms with E-state index in [1.54, 1.807) is 4.57 Å². The number of nitrogens with zero attached hydrogens (tertiary/aromatic N) is 2. The fourth-order valence-corrected chi connectivity index (χ4v) is 1.61. The molecule has 0 saturated heterocycles. The summed E-state index contributed by atoms with van der Waals surface area (Å²) in [6.07, 6.45) is 2.15. The molecule has 1 aromatic heterocycles. The number of aryl methyl sites for hydroxylation is 1. The van der Waals surface area contributed by atoms with Crippen LogP contribution in [0.2, 0.25) is 0 Å². The van der Waals surface area contributed by atoms with Gasteiger partial charge in [0, 0.05) is 13.0 Å². The molecule has 0 amide bonds. The van der Waals surface area contributed by atoms with Crippen molar-refractivity contribution in [2.45, 2.75) is 25.5 Å². The van der Waals surface area contributed by atoms with Crippen LogP contribution >= 0.6 is 0 Å². The molecule has 1 aliphatic heterocycles. The molecular weight excluding hydrogens is 172 g/mol. The van der Waals surface area contributed by atoms with Crippen molar-refractivity contribution < 1.29 is 15.0 Å². The number of aliphatic hydroxyl groups is 1. The average molecular weight is 182 g/mol. The summed E-state index contributed by atoms with van der Waals surface area (Å²) in [5.41, 5.74) is 0.699. The number of hydrogen-bond donors (Lipinski definition) is 2. The lowest BCUT2D eigenvalue weighted by atomic mass is 10.1. The highest BCUT2D eigenvalue weighted by molar-refractivity contribution is 5.86. The Bertz CT molecular complexity index is 345. The second-order valence-electron chi connectivity index (χ2n) is 3.19. The van der Waals surface area contributed by atoms with Crippen molar-refractivity contribution in [1.82, 2.24) is 9.55 Å². The van der Waals surface area contributed by atoms with Crippen molar-refractivity contribution in [3.8, 4) is 0 Å². The highest BCUT2D eigenvalue weighted by Gasteiger charge is 2.23. The predicted molar refractivity (Wildman–Crippen MR) is 43.5 cm³/mol. The van der Waals surface area contributed by atoms with Gasteiger partial charge in [0.2, 0.25) is 0 Å². The summed E-state index contributed by atoms with van der Waals surface area (Å²) in [5, 5.41) is 18.1. The lowest BCUT2D eigenvalue weighted by Crippen LogP contribution is -2.23. The maximum absolute atomic E-state index is 10.7. The lowest BCUT2D eigenvalue weighted by molar-refractivity contribution is 0.0687. The van der Waals surface area contributed by atoms with Crippen LogP contribution in [0.3, 0.4) is 0 Å². The molecular formula is C8H10N2O3. The van der Waals surface area contributed by atoms with Gasteiger partial charge in [-0.1, -0.05) is 0 Å².